The molecule has 1 aliphatic heterocycles. The summed E-state index contributed by atoms with van der Waals surface area (Å²) in [5.74, 6) is -0.400. The van der Waals surface area contributed by atoms with Crippen LogP contribution in [0.15, 0.2) is 12.1 Å². The molecule has 122 valence electrons. The number of ether oxygens (including phenoxy) is 1. The van der Waals surface area contributed by atoms with E-state index in [9.17, 15) is 9.18 Å². The smallest absolute Gasteiger partial charge is 0.410 e. The number of halogens is 3. The lowest BCUT2D eigenvalue weighted by Gasteiger charge is -2.28. The van der Waals surface area contributed by atoms with Crippen molar-refractivity contribution < 1.29 is 13.9 Å². The summed E-state index contributed by atoms with van der Waals surface area (Å²) >= 11 is 12.2. The van der Waals surface area contributed by atoms with Crippen molar-refractivity contribution in [2.45, 2.75) is 45.1 Å². The number of carbonyl (C=O) groups is 1. The van der Waals surface area contributed by atoms with Gasteiger partial charge in [-0.05, 0) is 39.3 Å². The number of nitrogens with zero attached hydrogens (tertiary/aromatic N) is 1. The van der Waals surface area contributed by atoms with E-state index >= 15 is 0 Å². The normalized spacial score (nSPS) is 22.0. The molecule has 22 heavy (non-hydrogen) atoms. The Hall–Kier alpha value is -1.000. The Morgan fingerprint density at radius 1 is 1.36 bits per heavy atom. The Morgan fingerprint density at radius 2 is 2.00 bits per heavy atom. The maximum atomic E-state index is 14.2. The molecule has 1 aliphatic rings. The molecule has 1 fully saturated rings. The number of amides is 1. The van der Waals surface area contributed by atoms with Gasteiger partial charge in [-0.15, -0.1) is 0 Å². The van der Waals surface area contributed by atoms with Crippen LogP contribution in [0.25, 0.3) is 0 Å². The predicted octanol–water partition coefficient (Wildman–Crippen LogP) is 5.03. The number of benzene rings is 1. The van der Waals surface area contributed by atoms with E-state index < -0.39 is 22.9 Å². The van der Waals surface area contributed by atoms with Crippen LogP contribution in [0, 0.1) is 5.82 Å². The minimum atomic E-state index is -0.580. The van der Waals surface area contributed by atoms with E-state index in [4.69, 9.17) is 27.9 Å². The summed E-state index contributed by atoms with van der Waals surface area (Å²) in [6.45, 7) is 8.17. The zero-order chi connectivity index (χ0) is 16.7. The lowest BCUT2D eigenvalue weighted by atomic mass is 9.81. The highest BCUT2D eigenvalue weighted by molar-refractivity contribution is 6.42. The minimum absolute atomic E-state index is 0.218. The van der Waals surface area contributed by atoms with Gasteiger partial charge in [0.25, 0.3) is 0 Å². The average Bonchev–Trinajstić information content (AvgIpc) is 2.76. The standard InChI is InChI=1S/C16H20Cl2FNO2/c1-15(2,3)22-14(21)20-8-7-16(4,9-20)12-11(19)6-5-10(17)13(12)18/h5-6H,7-9H2,1-4H3/t16-/m1/s1. The molecule has 1 saturated heterocycles. The Morgan fingerprint density at radius 3 is 2.59 bits per heavy atom. The van der Waals surface area contributed by atoms with E-state index in [1.165, 1.54) is 12.1 Å². The second-order valence-corrected chi connectivity index (χ2v) is 7.72. The number of hydrogen-bond donors (Lipinski definition) is 0. The van der Waals surface area contributed by atoms with Crippen LogP contribution in [0.1, 0.15) is 39.7 Å². The molecule has 1 amide bonds. The van der Waals surface area contributed by atoms with Gasteiger partial charge >= 0.3 is 6.09 Å². The highest BCUT2D eigenvalue weighted by atomic mass is 35.5. The number of carbonyl (C=O) groups excluding carboxylic acids is 1. The molecule has 0 saturated carbocycles. The molecule has 1 heterocycles. The fraction of sp³-hybridized carbons (Fsp3) is 0.562. The number of rotatable bonds is 1. The van der Waals surface area contributed by atoms with Gasteiger partial charge in [0.2, 0.25) is 0 Å². The van der Waals surface area contributed by atoms with Crippen LogP contribution >= 0.6 is 23.2 Å². The van der Waals surface area contributed by atoms with E-state index in [1.807, 2.05) is 27.7 Å². The molecule has 1 aromatic rings. The van der Waals surface area contributed by atoms with Crippen molar-refractivity contribution in [3.05, 3.63) is 33.6 Å². The number of likely N-dealkylation sites (tertiary alicyclic amines) is 1. The van der Waals surface area contributed by atoms with Crippen LogP contribution in [-0.2, 0) is 10.2 Å². The molecule has 0 unspecified atom stereocenters. The molecule has 3 nitrogen and oxygen atoms in total. The Balaban J connectivity index is 2.25. The first kappa shape index (κ1) is 17.4. The third-order valence-corrected chi connectivity index (χ3v) is 4.58. The van der Waals surface area contributed by atoms with Gasteiger partial charge in [-0.25, -0.2) is 9.18 Å². The van der Waals surface area contributed by atoms with E-state index in [-0.39, 0.29) is 5.02 Å². The van der Waals surface area contributed by atoms with Gasteiger partial charge in [0, 0.05) is 24.1 Å². The summed E-state index contributed by atoms with van der Waals surface area (Å²) in [4.78, 5) is 13.8. The van der Waals surface area contributed by atoms with Crippen LogP contribution in [0.5, 0.6) is 0 Å². The van der Waals surface area contributed by atoms with Crippen molar-refractivity contribution in [3.8, 4) is 0 Å². The molecule has 0 N–H and O–H groups in total. The van der Waals surface area contributed by atoms with Crippen molar-refractivity contribution in [2.24, 2.45) is 0 Å². The van der Waals surface area contributed by atoms with Crippen LogP contribution in [0.2, 0.25) is 10.0 Å². The quantitative estimate of drug-likeness (QED) is 0.666. The maximum absolute atomic E-state index is 14.2. The minimum Gasteiger partial charge on any atom is -0.444 e. The van der Waals surface area contributed by atoms with Gasteiger partial charge in [0.05, 0.1) is 10.0 Å². The highest BCUT2D eigenvalue weighted by Crippen LogP contribution is 2.42. The molecule has 2 rings (SSSR count). The van der Waals surface area contributed by atoms with Crippen molar-refractivity contribution in [1.82, 2.24) is 4.90 Å². The topological polar surface area (TPSA) is 29.5 Å². The Bertz CT molecular complexity index is 601. The molecule has 0 aromatic heterocycles. The summed E-state index contributed by atoms with van der Waals surface area (Å²) in [6.07, 6.45) is 0.207. The summed E-state index contributed by atoms with van der Waals surface area (Å²) in [5.41, 5.74) is -0.773. The first-order valence-corrected chi connectivity index (χ1v) is 7.91. The van der Waals surface area contributed by atoms with Crippen molar-refractivity contribution >= 4 is 29.3 Å². The lowest BCUT2D eigenvalue weighted by molar-refractivity contribution is 0.0285. The van der Waals surface area contributed by atoms with Crippen LogP contribution in [0.3, 0.4) is 0 Å². The van der Waals surface area contributed by atoms with Gasteiger partial charge in [0.1, 0.15) is 11.4 Å². The first-order chi connectivity index (χ1) is 10.0. The zero-order valence-electron chi connectivity index (χ0n) is 13.2. The maximum Gasteiger partial charge on any atom is 0.410 e. The fourth-order valence-electron chi connectivity index (χ4n) is 2.73. The largest absolute Gasteiger partial charge is 0.444 e. The molecule has 0 spiro atoms. The molecule has 0 aliphatic carbocycles. The van der Waals surface area contributed by atoms with Gasteiger partial charge in [-0.2, -0.15) is 0 Å². The molecule has 0 bridgehead atoms. The molecule has 0 radical (unpaired) electrons. The molecule has 1 atom stereocenters. The monoisotopic (exact) mass is 347 g/mol. The Labute approximate surface area is 140 Å². The second-order valence-electron chi connectivity index (χ2n) is 6.93. The van der Waals surface area contributed by atoms with Crippen LogP contribution in [-0.4, -0.2) is 29.7 Å². The summed E-state index contributed by atoms with van der Waals surface area (Å²) in [5, 5.41) is 0.533. The van der Waals surface area contributed by atoms with Gasteiger partial charge in [-0.3, -0.25) is 0 Å². The van der Waals surface area contributed by atoms with Gasteiger partial charge in [-0.1, -0.05) is 30.1 Å². The third kappa shape index (κ3) is 3.49. The van der Waals surface area contributed by atoms with Crippen LogP contribution in [0.4, 0.5) is 9.18 Å². The van der Waals surface area contributed by atoms with E-state index in [0.717, 1.165) is 0 Å². The molecular weight excluding hydrogens is 328 g/mol. The van der Waals surface area contributed by atoms with E-state index in [1.54, 1.807) is 4.90 Å². The zero-order valence-corrected chi connectivity index (χ0v) is 14.7. The molecule has 1 aromatic carbocycles. The third-order valence-electron chi connectivity index (χ3n) is 3.77. The predicted molar refractivity (Wildman–Crippen MR) is 86.2 cm³/mol. The summed E-state index contributed by atoms with van der Waals surface area (Å²) in [7, 11) is 0. The SMILES string of the molecule is CC(C)(C)OC(=O)N1CC[C@@](C)(c2c(F)ccc(Cl)c2Cl)C1. The van der Waals surface area contributed by atoms with E-state index in [2.05, 4.69) is 0 Å². The first-order valence-electron chi connectivity index (χ1n) is 7.15. The highest BCUT2D eigenvalue weighted by Gasteiger charge is 2.42. The lowest BCUT2D eigenvalue weighted by Crippen LogP contribution is -2.37. The van der Waals surface area contributed by atoms with E-state index in [0.29, 0.717) is 30.1 Å². The van der Waals surface area contributed by atoms with Crippen molar-refractivity contribution in [2.75, 3.05) is 13.1 Å². The molecule has 6 heteroatoms. The Kier molecular flexibility index (Phi) is 4.65. The molecular formula is C16H20Cl2FNO2. The average molecular weight is 348 g/mol. The number of hydrogen-bond acceptors (Lipinski definition) is 2. The second kappa shape index (κ2) is 5.89. The summed E-state index contributed by atoms with van der Waals surface area (Å²) < 4.78 is 19.6. The van der Waals surface area contributed by atoms with Crippen LogP contribution < -0.4 is 0 Å². The van der Waals surface area contributed by atoms with Crippen molar-refractivity contribution in [1.29, 1.82) is 0 Å². The van der Waals surface area contributed by atoms with Gasteiger partial charge < -0.3 is 9.64 Å². The van der Waals surface area contributed by atoms with Crippen molar-refractivity contribution in [3.63, 3.8) is 0 Å². The summed E-state index contributed by atoms with van der Waals surface area (Å²) in [6, 6.07) is 2.75. The van der Waals surface area contributed by atoms with Gasteiger partial charge in [0.15, 0.2) is 0 Å². The fourth-order valence-corrected chi connectivity index (χ4v) is 3.27.